The van der Waals surface area contributed by atoms with Crippen molar-refractivity contribution in [2.24, 2.45) is 5.41 Å². The van der Waals surface area contributed by atoms with Crippen LogP contribution in [0, 0.1) is 11.2 Å². The van der Waals surface area contributed by atoms with Gasteiger partial charge in [-0.2, -0.15) is 0 Å². The van der Waals surface area contributed by atoms with Crippen LogP contribution in [0.25, 0.3) is 27.7 Å². The SMILES string of the molecule is COc1ccc(F)cc1-c1ccnc2[nH]c(C3=CCC(C)(C(=O)O)CC3)cc12. The number of pyridine rings is 1. The van der Waals surface area contributed by atoms with Gasteiger partial charge in [-0.25, -0.2) is 9.37 Å². The second kappa shape index (κ2) is 6.78. The Kier molecular flexibility index (Phi) is 4.41. The lowest BCUT2D eigenvalue weighted by Gasteiger charge is -2.28. The first-order valence-electron chi connectivity index (χ1n) is 9.16. The zero-order valence-electron chi connectivity index (χ0n) is 15.8. The normalized spacial score (nSPS) is 19.5. The van der Waals surface area contributed by atoms with Crippen molar-refractivity contribution in [3.05, 3.63) is 54.1 Å². The molecule has 5 nitrogen and oxygen atoms in total. The molecule has 4 rings (SSSR count). The van der Waals surface area contributed by atoms with Crippen molar-refractivity contribution in [1.82, 2.24) is 9.97 Å². The zero-order valence-corrected chi connectivity index (χ0v) is 15.8. The molecule has 3 aromatic rings. The number of carbonyl (C=O) groups is 1. The highest BCUT2D eigenvalue weighted by atomic mass is 19.1. The number of hydrogen-bond donors (Lipinski definition) is 2. The molecule has 2 heterocycles. The molecular weight excluding hydrogens is 359 g/mol. The average Bonchev–Trinajstić information content (AvgIpc) is 3.12. The van der Waals surface area contributed by atoms with Crippen molar-refractivity contribution >= 4 is 22.6 Å². The standard InChI is InChI=1S/C22H21FN2O3/c1-22(21(26)27)8-5-13(6-9-22)18-12-17-15(7-10-24-20(17)25-18)16-11-14(23)3-4-19(16)28-2/h3-5,7,10-12H,6,8-9H2,1-2H3,(H,24,25)(H,26,27). The van der Waals surface area contributed by atoms with Crippen LogP contribution in [0.3, 0.4) is 0 Å². The summed E-state index contributed by atoms with van der Waals surface area (Å²) < 4.78 is 19.3. The third-order valence-electron chi connectivity index (χ3n) is 5.59. The van der Waals surface area contributed by atoms with Gasteiger partial charge in [-0.1, -0.05) is 6.08 Å². The number of benzene rings is 1. The number of halogens is 1. The first kappa shape index (κ1) is 18.2. The van der Waals surface area contributed by atoms with Crippen LogP contribution < -0.4 is 4.74 Å². The molecule has 1 unspecified atom stereocenters. The number of aromatic nitrogens is 2. The van der Waals surface area contributed by atoms with Crippen LogP contribution in [0.1, 0.15) is 31.9 Å². The van der Waals surface area contributed by atoms with Gasteiger partial charge in [-0.05, 0) is 67.7 Å². The van der Waals surface area contributed by atoms with Crippen LogP contribution in [-0.2, 0) is 4.79 Å². The molecule has 1 aliphatic carbocycles. The van der Waals surface area contributed by atoms with E-state index >= 15 is 0 Å². The number of allylic oxidation sites excluding steroid dienone is 2. The van der Waals surface area contributed by atoms with E-state index in [1.807, 2.05) is 18.2 Å². The third-order valence-corrected chi connectivity index (χ3v) is 5.59. The Morgan fingerprint density at radius 3 is 2.79 bits per heavy atom. The Morgan fingerprint density at radius 2 is 2.11 bits per heavy atom. The number of nitrogens with zero attached hydrogens (tertiary/aromatic N) is 1. The van der Waals surface area contributed by atoms with E-state index in [4.69, 9.17) is 4.74 Å². The number of hydrogen-bond acceptors (Lipinski definition) is 3. The first-order valence-corrected chi connectivity index (χ1v) is 9.16. The molecule has 0 amide bonds. The largest absolute Gasteiger partial charge is 0.496 e. The lowest BCUT2D eigenvalue weighted by Crippen LogP contribution is -2.28. The molecule has 1 atom stereocenters. The molecular formula is C22H21FN2O3. The summed E-state index contributed by atoms with van der Waals surface area (Å²) in [5, 5.41) is 10.3. The van der Waals surface area contributed by atoms with Gasteiger partial charge in [-0.3, -0.25) is 4.79 Å². The summed E-state index contributed by atoms with van der Waals surface area (Å²) in [7, 11) is 1.56. The maximum atomic E-state index is 13.9. The summed E-state index contributed by atoms with van der Waals surface area (Å²) in [6.07, 6.45) is 5.42. The van der Waals surface area contributed by atoms with Crippen molar-refractivity contribution in [3.8, 4) is 16.9 Å². The number of rotatable bonds is 4. The summed E-state index contributed by atoms with van der Waals surface area (Å²) in [5.41, 5.74) is 3.47. The highest BCUT2D eigenvalue weighted by Crippen LogP contribution is 2.40. The van der Waals surface area contributed by atoms with Gasteiger partial charge in [0.05, 0.1) is 12.5 Å². The molecule has 0 spiro atoms. The van der Waals surface area contributed by atoms with Crippen molar-refractivity contribution < 1.29 is 19.0 Å². The maximum Gasteiger partial charge on any atom is 0.309 e. The Bertz CT molecular complexity index is 1100. The molecule has 0 aliphatic heterocycles. The summed E-state index contributed by atoms with van der Waals surface area (Å²) >= 11 is 0. The van der Waals surface area contributed by atoms with Crippen LogP contribution in [-0.4, -0.2) is 28.2 Å². The van der Waals surface area contributed by atoms with Crippen molar-refractivity contribution in [2.75, 3.05) is 7.11 Å². The smallest absolute Gasteiger partial charge is 0.309 e. The minimum Gasteiger partial charge on any atom is -0.496 e. The fraction of sp³-hybridized carbons (Fsp3) is 0.273. The van der Waals surface area contributed by atoms with Crippen molar-refractivity contribution in [3.63, 3.8) is 0 Å². The highest BCUT2D eigenvalue weighted by Gasteiger charge is 2.34. The minimum absolute atomic E-state index is 0.334. The lowest BCUT2D eigenvalue weighted by molar-refractivity contribution is -0.148. The van der Waals surface area contributed by atoms with Gasteiger partial charge in [0, 0.05) is 22.8 Å². The zero-order chi connectivity index (χ0) is 19.9. The molecule has 0 bridgehead atoms. The lowest BCUT2D eigenvalue weighted by atomic mass is 9.76. The highest BCUT2D eigenvalue weighted by molar-refractivity contribution is 5.96. The van der Waals surface area contributed by atoms with Crippen LogP contribution in [0.2, 0.25) is 0 Å². The van der Waals surface area contributed by atoms with E-state index in [2.05, 4.69) is 9.97 Å². The summed E-state index contributed by atoms with van der Waals surface area (Å²) in [6, 6.07) is 8.28. The topological polar surface area (TPSA) is 75.2 Å². The number of carboxylic acid groups (broad SMARTS) is 1. The Hall–Kier alpha value is -3.15. The fourth-order valence-electron chi connectivity index (χ4n) is 3.73. The van der Waals surface area contributed by atoms with Crippen molar-refractivity contribution in [2.45, 2.75) is 26.2 Å². The molecule has 2 aromatic heterocycles. The number of carboxylic acids is 1. The average molecular weight is 380 g/mol. The predicted octanol–water partition coefficient (Wildman–Crippen LogP) is 5.04. The van der Waals surface area contributed by atoms with E-state index in [-0.39, 0.29) is 5.82 Å². The molecule has 0 saturated heterocycles. The molecule has 144 valence electrons. The van der Waals surface area contributed by atoms with E-state index in [9.17, 15) is 14.3 Å². The van der Waals surface area contributed by atoms with Gasteiger partial charge in [0.2, 0.25) is 0 Å². The van der Waals surface area contributed by atoms with Crippen LogP contribution in [0.15, 0.2) is 42.6 Å². The Morgan fingerprint density at radius 1 is 1.29 bits per heavy atom. The van der Waals surface area contributed by atoms with Crippen LogP contribution in [0.4, 0.5) is 4.39 Å². The maximum absolute atomic E-state index is 13.9. The molecule has 1 aromatic carbocycles. The summed E-state index contributed by atoms with van der Waals surface area (Å²) in [5.74, 6) is -0.508. The molecule has 6 heteroatoms. The van der Waals surface area contributed by atoms with Gasteiger partial charge in [0.15, 0.2) is 0 Å². The molecule has 1 aliphatic rings. The Balaban J connectivity index is 1.78. The van der Waals surface area contributed by atoms with Gasteiger partial charge in [0.1, 0.15) is 17.2 Å². The molecule has 0 saturated carbocycles. The number of aromatic amines is 1. The van der Waals surface area contributed by atoms with E-state index < -0.39 is 11.4 Å². The number of nitrogens with one attached hydrogen (secondary N) is 1. The van der Waals surface area contributed by atoms with Gasteiger partial charge < -0.3 is 14.8 Å². The second-order valence-electron chi connectivity index (χ2n) is 7.45. The molecule has 2 N–H and O–H groups in total. The van der Waals surface area contributed by atoms with Gasteiger partial charge >= 0.3 is 5.97 Å². The number of methoxy groups -OCH3 is 1. The van der Waals surface area contributed by atoms with Gasteiger partial charge in [0.25, 0.3) is 0 Å². The predicted molar refractivity (Wildman–Crippen MR) is 106 cm³/mol. The molecule has 0 radical (unpaired) electrons. The molecule has 0 fully saturated rings. The van der Waals surface area contributed by atoms with E-state index in [0.29, 0.717) is 36.2 Å². The van der Waals surface area contributed by atoms with E-state index in [1.54, 1.807) is 26.3 Å². The minimum atomic E-state index is -0.762. The second-order valence-corrected chi connectivity index (χ2v) is 7.45. The quantitative estimate of drug-likeness (QED) is 0.665. The monoisotopic (exact) mass is 380 g/mol. The number of ether oxygens (including phenoxy) is 1. The summed E-state index contributed by atoms with van der Waals surface area (Å²) in [6.45, 7) is 1.78. The molecule has 28 heavy (non-hydrogen) atoms. The number of aliphatic carboxylic acids is 1. The number of fused-ring (bicyclic) bond motifs is 1. The number of H-pyrrole nitrogens is 1. The van der Waals surface area contributed by atoms with Gasteiger partial charge in [-0.15, -0.1) is 0 Å². The summed E-state index contributed by atoms with van der Waals surface area (Å²) in [4.78, 5) is 19.2. The Labute approximate surface area is 161 Å². The van der Waals surface area contributed by atoms with E-state index in [1.165, 1.54) is 12.1 Å². The third kappa shape index (κ3) is 3.05. The van der Waals surface area contributed by atoms with E-state index in [0.717, 1.165) is 22.2 Å². The fourth-order valence-corrected chi connectivity index (χ4v) is 3.73. The van der Waals surface area contributed by atoms with Crippen LogP contribution in [0.5, 0.6) is 5.75 Å². The first-order chi connectivity index (χ1) is 13.4. The van der Waals surface area contributed by atoms with Crippen LogP contribution >= 0.6 is 0 Å². The van der Waals surface area contributed by atoms with Crippen molar-refractivity contribution in [1.29, 1.82) is 0 Å².